The number of ether oxygens (including phenoxy) is 1. The molecule has 1 aromatic heterocycles. The monoisotopic (exact) mass is 246 g/mol. The molecule has 2 rings (SSSR count). The Balaban J connectivity index is 2.51. The zero-order chi connectivity index (χ0) is 13.1. The number of nitrogens with zero attached hydrogens (tertiary/aromatic N) is 1. The predicted molar refractivity (Wildman–Crippen MR) is 69.1 cm³/mol. The van der Waals surface area contributed by atoms with Gasteiger partial charge in [-0.3, -0.25) is 4.57 Å². The number of fused-ring (bicyclic) bond motifs is 1. The Hall–Kier alpha value is -2.30. The van der Waals surface area contributed by atoms with Gasteiger partial charge in [0.15, 0.2) is 0 Å². The van der Waals surface area contributed by atoms with Gasteiger partial charge in [0.2, 0.25) is 0 Å². The van der Waals surface area contributed by atoms with Gasteiger partial charge in [0.25, 0.3) is 0 Å². The van der Waals surface area contributed by atoms with Crippen LogP contribution in [0.5, 0.6) is 0 Å². The first-order chi connectivity index (χ1) is 8.63. The van der Waals surface area contributed by atoms with Crippen molar-refractivity contribution in [3.63, 3.8) is 0 Å². The molecule has 0 aliphatic rings. The minimum atomic E-state index is -0.452. The number of imidazole rings is 1. The molecule has 94 valence electrons. The molecule has 18 heavy (non-hydrogen) atoms. The van der Waals surface area contributed by atoms with Gasteiger partial charge in [-0.15, -0.1) is 0 Å². The number of aromatic nitrogens is 2. The normalized spacial score (nSPS) is 11.8. The van der Waals surface area contributed by atoms with E-state index in [1.54, 1.807) is 13.8 Å². The van der Waals surface area contributed by atoms with Gasteiger partial charge in [-0.25, -0.2) is 9.59 Å². The molecule has 0 aliphatic heterocycles. The third kappa shape index (κ3) is 2.20. The summed E-state index contributed by atoms with van der Waals surface area (Å²) in [7, 11) is 0. The molecule has 0 amide bonds. The van der Waals surface area contributed by atoms with Crippen molar-refractivity contribution in [2.24, 2.45) is 0 Å². The largest absolute Gasteiger partial charge is 0.463 e. The summed E-state index contributed by atoms with van der Waals surface area (Å²) in [6.07, 6.45) is 1.31. The average Bonchev–Trinajstić information content (AvgIpc) is 2.64. The topological polar surface area (TPSA) is 64.1 Å². The van der Waals surface area contributed by atoms with Crippen LogP contribution in [0.3, 0.4) is 0 Å². The molecule has 2 aromatic rings. The van der Waals surface area contributed by atoms with Gasteiger partial charge in [0.05, 0.1) is 17.6 Å². The standard InChI is InChI=1S/C13H14N2O3/c1-3-18-12(16)8-9(2)15-11-7-5-4-6-10(11)14-13(15)17/h4-8H,3H2,1-2H3,(H,14,17)/b9-8-. The van der Waals surface area contributed by atoms with Crippen molar-refractivity contribution in [1.82, 2.24) is 9.55 Å². The molecule has 1 heterocycles. The smallest absolute Gasteiger partial charge is 0.332 e. The second-order valence-corrected chi connectivity index (χ2v) is 3.82. The van der Waals surface area contributed by atoms with Gasteiger partial charge in [-0.2, -0.15) is 0 Å². The second kappa shape index (κ2) is 4.91. The van der Waals surface area contributed by atoms with Crippen LogP contribution in [-0.4, -0.2) is 22.1 Å². The molecule has 0 fully saturated rings. The first kappa shape index (κ1) is 12.2. The first-order valence-corrected chi connectivity index (χ1v) is 5.68. The summed E-state index contributed by atoms with van der Waals surface area (Å²) in [6.45, 7) is 3.74. The van der Waals surface area contributed by atoms with Gasteiger partial charge in [0, 0.05) is 11.8 Å². The van der Waals surface area contributed by atoms with E-state index in [1.165, 1.54) is 10.6 Å². The van der Waals surface area contributed by atoms with Crippen LogP contribution >= 0.6 is 0 Å². The number of esters is 1. The average molecular weight is 246 g/mol. The Labute approximate surface area is 104 Å². The first-order valence-electron chi connectivity index (χ1n) is 5.68. The van der Waals surface area contributed by atoms with Crippen LogP contribution in [0.4, 0.5) is 0 Å². The summed E-state index contributed by atoms with van der Waals surface area (Å²) in [4.78, 5) is 25.9. The number of allylic oxidation sites excluding steroid dienone is 1. The Morgan fingerprint density at radius 2 is 2.17 bits per heavy atom. The molecular weight excluding hydrogens is 232 g/mol. The lowest BCUT2D eigenvalue weighted by Gasteiger charge is -2.03. The van der Waals surface area contributed by atoms with E-state index in [0.717, 1.165) is 11.0 Å². The SMILES string of the molecule is CCOC(=O)/C=C(/C)n1c(=O)[nH]c2ccccc21. The minimum Gasteiger partial charge on any atom is -0.463 e. The fourth-order valence-electron chi connectivity index (χ4n) is 1.82. The van der Waals surface area contributed by atoms with Gasteiger partial charge in [-0.05, 0) is 26.0 Å². The fraction of sp³-hybridized carbons (Fsp3) is 0.231. The highest BCUT2D eigenvalue weighted by Crippen LogP contribution is 2.13. The van der Waals surface area contributed by atoms with Crippen molar-refractivity contribution >= 4 is 22.7 Å². The molecule has 0 unspecified atom stereocenters. The van der Waals surface area contributed by atoms with E-state index in [-0.39, 0.29) is 5.69 Å². The second-order valence-electron chi connectivity index (χ2n) is 3.82. The summed E-state index contributed by atoms with van der Waals surface area (Å²) in [5.41, 5.74) is 1.73. The van der Waals surface area contributed by atoms with E-state index >= 15 is 0 Å². The van der Waals surface area contributed by atoms with E-state index in [4.69, 9.17) is 4.74 Å². The molecule has 0 bridgehead atoms. The quantitative estimate of drug-likeness (QED) is 0.663. The maximum Gasteiger partial charge on any atom is 0.332 e. The molecule has 0 saturated heterocycles. The molecule has 5 heteroatoms. The van der Waals surface area contributed by atoms with Crippen molar-refractivity contribution in [3.05, 3.63) is 40.8 Å². The fourth-order valence-corrected chi connectivity index (χ4v) is 1.82. The number of hydrogen-bond donors (Lipinski definition) is 1. The third-order valence-corrected chi connectivity index (χ3v) is 2.56. The number of carbonyl (C=O) groups excluding carboxylic acids is 1. The number of rotatable bonds is 3. The zero-order valence-corrected chi connectivity index (χ0v) is 10.3. The van der Waals surface area contributed by atoms with Crippen LogP contribution in [0.1, 0.15) is 13.8 Å². The minimum absolute atomic E-state index is 0.269. The van der Waals surface area contributed by atoms with Crippen molar-refractivity contribution in [1.29, 1.82) is 0 Å². The Kier molecular flexibility index (Phi) is 3.32. The third-order valence-electron chi connectivity index (χ3n) is 2.56. The maximum atomic E-state index is 11.8. The van der Waals surface area contributed by atoms with Gasteiger partial charge >= 0.3 is 11.7 Å². The number of carbonyl (C=O) groups is 1. The lowest BCUT2D eigenvalue weighted by atomic mass is 10.3. The number of hydrogen-bond acceptors (Lipinski definition) is 3. The molecule has 1 aromatic carbocycles. The Morgan fingerprint density at radius 3 is 2.89 bits per heavy atom. The van der Waals surface area contributed by atoms with E-state index < -0.39 is 5.97 Å². The van der Waals surface area contributed by atoms with Crippen LogP contribution in [0.25, 0.3) is 16.7 Å². The summed E-state index contributed by atoms with van der Waals surface area (Å²) >= 11 is 0. The zero-order valence-electron chi connectivity index (χ0n) is 10.3. The predicted octanol–water partition coefficient (Wildman–Crippen LogP) is 1.75. The number of benzene rings is 1. The van der Waals surface area contributed by atoms with Gasteiger partial charge < -0.3 is 9.72 Å². The van der Waals surface area contributed by atoms with Crippen LogP contribution < -0.4 is 5.69 Å². The number of nitrogens with one attached hydrogen (secondary N) is 1. The van der Waals surface area contributed by atoms with Crippen LogP contribution in [-0.2, 0) is 9.53 Å². The summed E-state index contributed by atoms with van der Waals surface area (Å²) < 4.78 is 6.27. The van der Waals surface area contributed by atoms with Crippen LogP contribution in [0, 0.1) is 0 Å². The maximum absolute atomic E-state index is 11.8. The molecule has 0 spiro atoms. The highest BCUT2D eigenvalue weighted by molar-refractivity contribution is 5.89. The van der Waals surface area contributed by atoms with E-state index in [0.29, 0.717) is 12.3 Å². The van der Waals surface area contributed by atoms with Crippen molar-refractivity contribution in [2.45, 2.75) is 13.8 Å². The van der Waals surface area contributed by atoms with Crippen molar-refractivity contribution in [3.8, 4) is 0 Å². The number of H-pyrrole nitrogens is 1. The summed E-state index contributed by atoms with van der Waals surface area (Å²) in [5, 5.41) is 0. The lowest BCUT2D eigenvalue weighted by molar-refractivity contribution is -0.137. The molecule has 0 saturated carbocycles. The molecule has 0 atom stereocenters. The lowest BCUT2D eigenvalue weighted by Crippen LogP contribution is -2.15. The Bertz CT molecular complexity index is 664. The highest BCUT2D eigenvalue weighted by atomic mass is 16.5. The van der Waals surface area contributed by atoms with E-state index in [2.05, 4.69) is 4.98 Å². The highest BCUT2D eigenvalue weighted by Gasteiger charge is 2.08. The van der Waals surface area contributed by atoms with E-state index in [1.807, 2.05) is 24.3 Å². The van der Waals surface area contributed by atoms with Crippen LogP contribution in [0.2, 0.25) is 0 Å². The summed E-state index contributed by atoms with van der Waals surface area (Å²) in [5.74, 6) is -0.452. The molecule has 0 aliphatic carbocycles. The van der Waals surface area contributed by atoms with E-state index in [9.17, 15) is 9.59 Å². The number of aromatic amines is 1. The van der Waals surface area contributed by atoms with Gasteiger partial charge in [-0.1, -0.05) is 12.1 Å². The van der Waals surface area contributed by atoms with Crippen LogP contribution in [0.15, 0.2) is 35.1 Å². The summed E-state index contributed by atoms with van der Waals surface area (Å²) in [6, 6.07) is 7.30. The molecule has 5 nitrogen and oxygen atoms in total. The number of para-hydroxylation sites is 2. The molecule has 0 radical (unpaired) electrons. The van der Waals surface area contributed by atoms with Crippen molar-refractivity contribution in [2.75, 3.05) is 6.61 Å². The molecule has 1 N–H and O–H groups in total. The van der Waals surface area contributed by atoms with Crippen molar-refractivity contribution < 1.29 is 9.53 Å². The Morgan fingerprint density at radius 1 is 1.44 bits per heavy atom. The van der Waals surface area contributed by atoms with Gasteiger partial charge in [0.1, 0.15) is 0 Å². The molecular formula is C13H14N2O3.